The van der Waals surface area contributed by atoms with Gasteiger partial charge in [0, 0.05) is 17.0 Å². The predicted octanol–water partition coefficient (Wildman–Crippen LogP) is 5.17. The van der Waals surface area contributed by atoms with Gasteiger partial charge in [-0.05, 0) is 24.3 Å². The molecule has 0 saturated carbocycles. The number of benzene rings is 2. The van der Waals surface area contributed by atoms with E-state index in [0.29, 0.717) is 16.1 Å². The summed E-state index contributed by atoms with van der Waals surface area (Å²) in [4.78, 5) is 21.0. The third-order valence-corrected chi connectivity index (χ3v) is 4.69. The zero-order valence-corrected chi connectivity index (χ0v) is 15.2. The van der Waals surface area contributed by atoms with E-state index in [9.17, 15) is 9.18 Å². The van der Waals surface area contributed by atoms with Gasteiger partial charge in [0.1, 0.15) is 16.8 Å². The number of para-hydroxylation sites is 1. The first kappa shape index (κ1) is 17.4. The molecule has 27 heavy (non-hydrogen) atoms. The first-order valence-corrected chi connectivity index (χ1v) is 9.10. The Morgan fingerprint density at radius 2 is 2.07 bits per heavy atom. The topological polar surface area (TPSA) is 67.5 Å². The van der Waals surface area contributed by atoms with Crippen LogP contribution in [0, 0.1) is 5.82 Å². The molecule has 4 rings (SSSR count). The molecule has 0 spiro atoms. The minimum absolute atomic E-state index is 0.0233. The van der Waals surface area contributed by atoms with Crippen molar-refractivity contribution in [1.29, 1.82) is 0 Å². The third kappa shape index (κ3) is 3.60. The van der Waals surface area contributed by atoms with E-state index in [1.807, 2.05) is 12.1 Å². The zero-order valence-electron chi connectivity index (χ0n) is 13.6. The molecule has 0 aliphatic rings. The number of carbonyl (C=O) groups is 1. The Morgan fingerprint density at radius 3 is 2.89 bits per heavy atom. The molecular weight excluding hydrogens is 389 g/mol. The van der Waals surface area contributed by atoms with Crippen molar-refractivity contribution >= 4 is 50.6 Å². The van der Waals surface area contributed by atoms with Crippen LogP contribution in [0.25, 0.3) is 11.0 Å². The maximum absolute atomic E-state index is 14.3. The third-order valence-electron chi connectivity index (χ3n) is 3.71. The lowest BCUT2D eigenvalue weighted by atomic mass is 10.2. The number of halogens is 2. The van der Waals surface area contributed by atoms with Gasteiger partial charge in [-0.15, -0.1) is 11.3 Å². The lowest BCUT2D eigenvalue weighted by Gasteiger charge is -2.05. The van der Waals surface area contributed by atoms with Gasteiger partial charge >= 0.3 is 0 Å². The van der Waals surface area contributed by atoms with Gasteiger partial charge in [0.05, 0.1) is 5.02 Å². The van der Waals surface area contributed by atoms with Crippen LogP contribution >= 0.6 is 22.9 Å². The molecule has 0 fully saturated rings. The molecule has 2 heterocycles. The molecule has 0 aliphatic carbocycles. The van der Waals surface area contributed by atoms with Crippen LogP contribution in [0.4, 0.5) is 15.2 Å². The number of rotatable bonds is 3. The average molecular weight is 400 g/mol. The van der Waals surface area contributed by atoms with Gasteiger partial charge in [-0.3, -0.25) is 10.1 Å². The maximum atomic E-state index is 14.3. The van der Waals surface area contributed by atoms with Gasteiger partial charge in [0.15, 0.2) is 10.9 Å². The van der Waals surface area contributed by atoms with Crippen molar-refractivity contribution in [3.8, 4) is 0 Å². The summed E-state index contributed by atoms with van der Waals surface area (Å²) in [6.07, 6.45) is 1.58. The zero-order chi connectivity index (χ0) is 18.8. The first-order chi connectivity index (χ1) is 13.1. The van der Waals surface area contributed by atoms with E-state index in [-0.39, 0.29) is 21.8 Å². The van der Waals surface area contributed by atoms with Gasteiger partial charge in [0.2, 0.25) is 5.55 Å². The van der Waals surface area contributed by atoms with Crippen LogP contribution in [-0.4, -0.2) is 10.9 Å². The van der Waals surface area contributed by atoms with Crippen LogP contribution in [-0.2, 0) is 0 Å². The van der Waals surface area contributed by atoms with E-state index in [1.165, 1.54) is 23.5 Å². The van der Waals surface area contributed by atoms with Crippen LogP contribution in [0.1, 0.15) is 10.4 Å². The second-order valence-corrected chi connectivity index (χ2v) is 6.78. The Morgan fingerprint density at radius 1 is 1.22 bits per heavy atom. The van der Waals surface area contributed by atoms with E-state index >= 15 is 0 Å². The molecule has 5 nitrogen and oxygen atoms in total. The molecule has 4 aromatic rings. The van der Waals surface area contributed by atoms with Crippen LogP contribution in [0.2, 0.25) is 5.02 Å². The summed E-state index contributed by atoms with van der Waals surface area (Å²) < 4.78 is 20.0. The maximum Gasteiger partial charge on any atom is 0.262 e. The van der Waals surface area contributed by atoms with Crippen molar-refractivity contribution in [2.24, 2.45) is 4.99 Å². The van der Waals surface area contributed by atoms with E-state index in [0.717, 1.165) is 0 Å². The molecule has 0 saturated heterocycles. The number of anilines is 1. The molecule has 0 aliphatic heterocycles. The van der Waals surface area contributed by atoms with Crippen LogP contribution in [0.5, 0.6) is 0 Å². The Labute approximate surface area is 161 Å². The number of thiazole rings is 1. The summed E-state index contributed by atoms with van der Waals surface area (Å²) in [6, 6.07) is 13.3. The van der Waals surface area contributed by atoms with Crippen LogP contribution < -0.4 is 10.9 Å². The minimum Gasteiger partial charge on any atom is -0.438 e. The Bertz CT molecular complexity index is 1210. The van der Waals surface area contributed by atoms with Gasteiger partial charge in [0.25, 0.3) is 5.91 Å². The summed E-state index contributed by atoms with van der Waals surface area (Å²) in [7, 11) is 0. The number of amides is 1. The Balaban J connectivity index is 1.90. The molecular formula is C19H11ClFN3O2S. The number of nitrogens with one attached hydrogen (secondary N) is 1. The Hall–Kier alpha value is -3.03. The lowest BCUT2D eigenvalue weighted by molar-refractivity contribution is 0.102. The highest BCUT2D eigenvalue weighted by molar-refractivity contribution is 7.13. The van der Waals surface area contributed by atoms with Crippen LogP contribution in [0.3, 0.4) is 0 Å². The Kier molecular flexibility index (Phi) is 4.70. The summed E-state index contributed by atoms with van der Waals surface area (Å²) in [5.74, 6) is -1.14. The number of carbonyl (C=O) groups excluding carboxylic acids is 1. The molecule has 0 radical (unpaired) electrons. The van der Waals surface area contributed by atoms with Gasteiger partial charge in [-0.25, -0.2) is 14.4 Å². The predicted molar refractivity (Wildman–Crippen MR) is 103 cm³/mol. The van der Waals surface area contributed by atoms with Crippen molar-refractivity contribution < 1.29 is 13.6 Å². The molecule has 0 unspecified atom stereocenters. The second-order valence-electron chi connectivity index (χ2n) is 5.48. The quantitative estimate of drug-likeness (QED) is 0.517. The average Bonchev–Trinajstić information content (AvgIpc) is 3.18. The number of hydrogen-bond acceptors (Lipinski definition) is 5. The van der Waals surface area contributed by atoms with Gasteiger partial charge in [-0.1, -0.05) is 35.9 Å². The van der Waals surface area contributed by atoms with E-state index in [1.54, 1.807) is 35.8 Å². The highest BCUT2D eigenvalue weighted by Gasteiger charge is 2.15. The molecule has 1 amide bonds. The van der Waals surface area contributed by atoms with Crippen molar-refractivity contribution in [1.82, 2.24) is 4.98 Å². The van der Waals surface area contributed by atoms with E-state index in [2.05, 4.69) is 15.3 Å². The number of fused-ring (bicyclic) bond motifs is 1. The molecule has 2 aromatic carbocycles. The molecule has 0 atom stereocenters. The van der Waals surface area contributed by atoms with E-state index in [4.69, 9.17) is 16.0 Å². The number of hydrogen-bond donors (Lipinski definition) is 1. The number of aromatic nitrogens is 1. The monoisotopic (exact) mass is 399 g/mol. The number of nitrogens with zero attached hydrogens (tertiary/aromatic N) is 2. The normalized spacial score (nSPS) is 11.7. The van der Waals surface area contributed by atoms with E-state index < -0.39 is 11.7 Å². The fourth-order valence-corrected chi connectivity index (χ4v) is 3.15. The molecule has 8 heteroatoms. The standard InChI is InChI=1S/C19H11ClFN3O2S/c20-13-5-3-6-14(16(13)21)23-18-12(17(25)24-19-22-8-9-27-19)10-11-4-1-2-7-15(11)26-18/h1-10H,(H,22,24,25). The van der Waals surface area contributed by atoms with Gasteiger partial charge in [-0.2, -0.15) is 0 Å². The van der Waals surface area contributed by atoms with Crippen molar-refractivity contribution in [2.45, 2.75) is 0 Å². The summed E-state index contributed by atoms with van der Waals surface area (Å²) >= 11 is 7.10. The fourth-order valence-electron chi connectivity index (χ4n) is 2.45. The summed E-state index contributed by atoms with van der Waals surface area (Å²) in [6.45, 7) is 0. The smallest absolute Gasteiger partial charge is 0.262 e. The summed E-state index contributed by atoms with van der Waals surface area (Å²) in [5.41, 5.74) is 0.626. The van der Waals surface area contributed by atoms with Crippen molar-refractivity contribution in [3.05, 3.63) is 82.1 Å². The lowest BCUT2D eigenvalue weighted by Crippen LogP contribution is -2.21. The highest BCUT2D eigenvalue weighted by Crippen LogP contribution is 2.24. The SMILES string of the molecule is O=C(Nc1nccs1)c1cc2ccccc2oc1=Nc1cccc(Cl)c1F. The summed E-state index contributed by atoms with van der Waals surface area (Å²) in [5, 5.41) is 5.52. The molecule has 0 bridgehead atoms. The minimum atomic E-state index is -0.686. The van der Waals surface area contributed by atoms with Crippen molar-refractivity contribution in [2.75, 3.05) is 5.32 Å². The fraction of sp³-hybridized carbons (Fsp3) is 0. The second kappa shape index (κ2) is 7.30. The molecule has 134 valence electrons. The first-order valence-electron chi connectivity index (χ1n) is 7.84. The van der Waals surface area contributed by atoms with Crippen molar-refractivity contribution in [3.63, 3.8) is 0 Å². The largest absolute Gasteiger partial charge is 0.438 e. The molecule has 1 N–H and O–H groups in total. The molecule has 2 aromatic heterocycles. The van der Waals surface area contributed by atoms with Gasteiger partial charge < -0.3 is 4.42 Å². The highest BCUT2D eigenvalue weighted by atomic mass is 35.5. The van der Waals surface area contributed by atoms with Crippen LogP contribution in [0.15, 0.2) is 69.5 Å².